The first-order valence-corrected chi connectivity index (χ1v) is 9.09. The maximum absolute atomic E-state index is 12.6. The van der Waals surface area contributed by atoms with Gasteiger partial charge in [-0.05, 0) is 0 Å². The van der Waals surface area contributed by atoms with Gasteiger partial charge in [0.25, 0.3) is 0 Å². The second kappa shape index (κ2) is 8.37. The molecule has 0 fully saturated rings. The quantitative estimate of drug-likeness (QED) is 0.320. The fourth-order valence-corrected chi connectivity index (χ4v) is 3.11. The van der Waals surface area contributed by atoms with Crippen LogP contribution >= 0.6 is 11.3 Å². The Kier molecular flexibility index (Phi) is 5.92. The van der Waals surface area contributed by atoms with E-state index < -0.39 is 11.9 Å². The fourth-order valence-electron chi connectivity index (χ4n) is 2.37. The predicted molar refractivity (Wildman–Crippen MR) is 100 cm³/mol. The molecular formula is C15H18F3N9S. The Balaban J connectivity index is 1.46. The van der Waals surface area contributed by atoms with E-state index in [1.807, 2.05) is 0 Å². The summed E-state index contributed by atoms with van der Waals surface area (Å²) in [4.78, 5) is 16.0. The van der Waals surface area contributed by atoms with E-state index in [1.165, 1.54) is 6.33 Å². The molecule has 0 radical (unpaired) electrons. The highest BCUT2D eigenvalue weighted by Gasteiger charge is 2.33. The third kappa shape index (κ3) is 4.65. The fraction of sp³-hybridized carbons (Fsp3) is 0.400. The van der Waals surface area contributed by atoms with Crippen molar-refractivity contribution in [1.29, 1.82) is 0 Å². The summed E-state index contributed by atoms with van der Waals surface area (Å²) in [6, 6.07) is 0. The zero-order valence-electron chi connectivity index (χ0n) is 15.1. The van der Waals surface area contributed by atoms with Crippen molar-refractivity contribution in [1.82, 2.24) is 35.4 Å². The number of hydrogen-bond acceptors (Lipinski definition) is 7. The van der Waals surface area contributed by atoms with E-state index in [0.29, 0.717) is 29.9 Å². The monoisotopic (exact) mass is 413 g/mol. The van der Waals surface area contributed by atoms with Crippen molar-refractivity contribution in [2.45, 2.75) is 12.7 Å². The van der Waals surface area contributed by atoms with Crippen LogP contribution < -0.4 is 16.0 Å². The number of nitrogens with one attached hydrogen (secondary N) is 3. The maximum Gasteiger partial charge on any atom is 0.434 e. The standard InChI is InChI=1S/C15H18F3N9S/c1-19-14(22-6-11-26-10(7-28-11)15(16,17)18)21-4-3-20-12-9-5-25-27(2)13(9)24-8-23-12/h5,7-8H,3-4,6H2,1-2H3,(H2,19,21,22)(H,20,23,24). The number of aromatic nitrogens is 5. The minimum absolute atomic E-state index is 0.149. The van der Waals surface area contributed by atoms with E-state index in [2.05, 4.69) is 41.0 Å². The summed E-state index contributed by atoms with van der Waals surface area (Å²) in [5.41, 5.74) is -0.155. The third-order valence-corrected chi connectivity index (χ3v) is 4.56. The Morgan fingerprint density at radius 2 is 2.07 bits per heavy atom. The lowest BCUT2D eigenvalue weighted by atomic mass is 10.4. The minimum Gasteiger partial charge on any atom is -0.368 e. The molecule has 13 heteroatoms. The molecule has 0 aliphatic carbocycles. The molecule has 0 aliphatic heterocycles. The highest BCUT2D eigenvalue weighted by molar-refractivity contribution is 7.09. The Hall–Kier alpha value is -2.96. The van der Waals surface area contributed by atoms with Crippen LogP contribution in [0.25, 0.3) is 11.0 Å². The third-order valence-electron chi connectivity index (χ3n) is 3.71. The van der Waals surface area contributed by atoms with Gasteiger partial charge in [0.05, 0.1) is 18.1 Å². The summed E-state index contributed by atoms with van der Waals surface area (Å²) in [5, 5.41) is 15.5. The Bertz CT molecular complexity index is 963. The first-order valence-electron chi connectivity index (χ1n) is 8.21. The number of alkyl halides is 3. The molecule has 0 saturated carbocycles. The van der Waals surface area contributed by atoms with Gasteiger partial charge in [-0.15, -0.1) is 11.3 Å². The summed E-state index contributed by atoms with van der Waals surface area (Å²) < 4.78 is 39.4. The number of fused-ring (bicyclic) bond motifs is 1. The Morgan fingerprint density at radius 3 is 2.79 bits per heavy atom. The molecule has 0 spiro atoms. The van der Waals surface area contributed by atoms with Crippen molar-refractivity contribution in [3.05, 3.63) is 28.6 Å². The molecule has 0 saturated heterocycles. The number of nitrogens with zero attached hydrogens (tertiary/aromatic N) is 6. The Morgan fingerprint density at radius 1 is 1.25 bits per heavy atom. The molecule has 3 heterocycles. The lowest BCUT2D eigenvalue weighted by Crippen LogP contribution is -2.39. The number of hydrogen-bond donors (Lipinski definition) is 3. The van der Waals surface area contributed by atoms with Crippen LogP contribution in [0.5, 0.6) is 0 Å². The van der Waals surface area contributed by atoms with Crippen LogP contribution in [0.1, 0.15) is 10.7 Å². The number of aryl methyl sites for hydroxylation is 1. The number of rotatable bonds is 6. The first-order chi connectivity index (χ1) is 13.4. The van der Waals surface area contributed by atoms with Crippen molar-refractivity contribution >= 4 is 34.1 Å². The highest BCUT2D eigenvalue weighted by atomic mass is 32.1. The molecule has 0 aliphatic rings. The van der Waals surface area contributed by atoms with Crippen LogP contribution in [0.4, 0.5) is 19.0 Å². The lowest BCUT2D eigenvalue weighted by Gasteiger charge is -2.12. The first kappa shape index (κ1) is 19.8. The van der Waals surface area contributed by atoms with Crippen molar-refractivity contribution in [3.8, 4) is 0 Å². The van der Waals surface area contributed by atoms with Crippen LogP contribution in [0.3, 0.4) is 0 Å². The lowest BCUT2D eigenvalue weighted by molar-refractivity contribution is -0.140. The minimum atomic E-state index is -4.43. The van der Waals surface area contributed by atoms with E-state index >= 15 is 0 Å². The molecule has 150 valence electrons. The molecule has 0 bridgehead atoms. The van der Waals surface area contributed by atoms with Crippen LogP contribution in [-0.4, -0.2) is 50.8 Å². The van der Waals surface area contributed by atoms with E-state index in [-0.39, 0.29) is 6.54 Å². The van der Waals surface area contributed by atoms with Gasteiger partial charge in [-0.25, -0.2) is 15.0 Å². The van der Waals surface area contributed by atoms with E-state index in [1.54, 1.807) is 25.0 Å². The van der Waals surface area contributed by atoms with Crippen LogP contribution in [0.2, 0.25) is 0 Å². The van der Waals surface area contributed by atoms with Gasteiger partial charge < -0.3 is 16.0 Å². The largest absolute Gasteiger partial charge is 0.434 e. The van der Waals surface area contributed by atoms with Gasteiger partial charge >= 0.3 is 6.18 Å². The zero-order valence-corrected chi connectivity index (χ0v) is 15.9. The van der Waals surface area contributed by atoms with Gasteiger partial charge in [-0.2, -0.15) is 18.3 Å². The van der Waals surface area contributed by atoms with Gasteiger partial charge in [0, 0.05) is 32.6 Å². The second-order valence-electron chi connectivity index (χ2n) is 5.63. The van der Waals surface area contributed by atoms with E-state index in [9.17, 15) is 13.2 Å². The average Bonchev–Trinajstić information content (AvgIpc) is 3.29. The topological polar surface area (TPSA) is 105 Å². The normalized spacial score (nSPS) is 12.4. The molecular weight excluding hydrogens is 395 g/mol. The molecule has 9 nitrogen and oxygen atoms in total. The number of guanidine groups is 1. The van der Waals surface area contributed by atoms with Crippen molar-refractivity contribution in [2.24, 2.45) is 12.0 Å². The van der Waals surface area contributed by atoms with Crippen molar-refractivity contribution in [3.63, 3.8) is 0 Å². The Labute approximate surface area is 162 Å². The van der Waals surface area contributed by atoms with Gasteiger partial charge in [-0.3, -0.25) is 9.67 Å². The summed E-state index contributed by atoms with van der Waals surface area (Å²) in [5.74, 6) is 1.13. The summed E-state index contributed by atoms with van der Waals surface area (Å²) in [7, 11) is 3.38. The smallest absolute Gasteiger partial charge is 0.368 e. The molecule has 28 heavy (non-hydrogen) atoms. The molecule has 0 atom stereocenters. The second-order valence-corrected chi connectivity index (χ2v) is 6.57. The van der Waals surface area contributed by atoms with Gasteiger partial charge in [0.2, 0.25) is 0 Å². The molecule has 3 aromatic heterocycles. The van der Waals surface area contributed by atoms with Crippen LogP contribution in [-0.2, 0) is 19.8 Å². The SMILES string of the molecule is CN=C(NCCNc1ncnc2c1cnn2C)NCc1nc(C(F)(F)F)cs1. The highest BCUT2D eigenvalue weighted by Crippen LogP contribution is 2.29. The molecule has 3 N–H and O–H groups in total. The van der Waals surface area contributed by atoms with E-state index in [4.69, 9.17) is 0 Å². The number of aliphatic imine (C=N–C) groups is 1. The molecule has 0 amide bonds. The summed E-state index contributed by atoms with van der Waals surface area (Å²) in [6.07, 6.45) is -1.28. The summed E-state index contributed by atoms with van der Waals surface area (Å²) >= 11 is 0.947. The number of thiazole rings is 1. The zero-order chi connectivity index (χ0) is 20.1. The van der Waals surface area contributed by atoms with E-state index in [0.717, 1.165) is 27.8 Å². The van der Waals surface area contributed by atoms with Gasteiger partial charge in [-0.1, -0.05) is 0 Å². The van der Waals surface area contributed by atoms with Crippen LogP contribution in [0.15, 0.2) is 22.9 Å². The number of anilines is 1. The molecule has 3 rings (SSSR count). The molecule has 0 aromatic carbocycles. The predicted octanol–water partition coefficient (Wildman–Crippen LogP) is 1.62. The maximum atomic E-state index is 12.6. The summed E-state index contributed by atoms with van der Waals surface area (Å²) in [6.45, 7) is 1.20. The molecule has 3 aromatic rings. The molecule has 0 unspecified atom stereocenters. The van der Waals surface area contributed by atoms with Gasteiger partial charge in [0.15, 0.2) is 17.3 Å². The van der Waals surface area contributed by atoms with Gasteiger partial charge in [0.1, 0.15) is 17.2 Å². The number of halogens is 3. The van der Waals surface area contributed by atoms with Crippen molar-refractivity contribution < 1.29 is 13.2 Å². The van der Waals surface area contributed by atoms with Crippen LogP contribution in [0, 0.1) is 0 Å². The van der Waals surface area contributed by atoms with Crippen molar-refractivity contribution in [2.75, 3.05) is 25.5 Å². The average molecular weight is 413 g/mol.